The Bertz CT molecular complexity index is 698. The van der Waals surface area contributed by atoms with E-state index in [1.54, 1.807) is 6.07 Å². The monoisotopic (exact) mass is 343 g/mol. The summed E-state index contributed by atoms with van der Waals surface area (Å²) in [5, 5.41) is 8.06. The SMILES string of the molecule is C[C@@H]1CNCCN1C(=O)c1ccc(CNC(=O)c2cccs2)cc1. The number of benzene rings is 1. The van der Waals surface area contributed by atoms with Crippen LogP contribution in [0.2, 0.25) is 0 Å². The highest BCUT2D eigenvalue weighted by atomic mass is 32.1. The summed E-state index contributed by atoms with van der Waals surface area (Å²) in [4.78, 5) is 27.1. The second-order valence-corrected chi connectivity index (χ2v) is 6.86. The normalized spacial score (nSPS) is 17.5. The van der Waals surface area contributed by atoms with Crippen LogP contribution in [0.4, 0.5) is 0 Å². The number of nitrogens with zero attached hydrogens (tertiary/aromatic N) is 1. The smallest absolute Gasteiger partial charge is 0.261 e. The van der Waals surface area contributed by atoms with Gasteiger partial charge < -0.3 is 15.5 Å². The Kier molecular flexibility index (Phi) is 5.27. The summed E-state index contributed by atoms with van der Waals surface area (Å²) in [6.45, 7) is 4.91. The van der Waals surface area contributed by atoms with E-state index in [1.807, 2.05) is 40.6 Å². The highest BCUT2D eigenvalue weighted by molar-refractivity contribution is 7.12. The van der Waals surface area contributed by atoms with Crippen molar-refractivity contribution in [2.45, 2.75) is 19.5 Å². The molecular weight excluding hydrogens is 322 g/mol. The molecular formula is C18H21N3O2S. The van der Waals surface area contributed by atoms with E-state index in [0.717, 1.165) is 25.2 Å². The van der Waals surface area contributed by atoms with Gasteiger partial charge in [-0.2, -0.15) is 0 Å². The van der Waals surface area contributed by atoms with E-state index in [9.17, 15) is 9.59 Å². The first-order valence-corrected chi connectivity index (χ1v) is 8.95. The highest BCUT2D eigenvalue weighted by Crippen LogP contribution is 2.12. The van der Waals surface area contributed by atoms with Gasteiger partial charge in [0, 0.05) is 37.8 Å². The molecule has 1 atom stereocenters. The summed E-state index contributed by atoms with van der Waals surface area (Å²) >= 11 is 1.42. The lowest BCUT2D eigenvalue weighted by atomic mass is 10.1. The fourth-order valence-corrected chi connectivity index (χ4v) is 3.39. The number of thiophene rings is 1. The van der Waals surface area contributed by atoms with Crippen LogP contribution in [0.3, 0.4) is 0 Å². The predicted molar refractivity (Wildman–Crippen MR) is 95.3 cm³/mol. The van der Waals surface area contributed by atoms with Gasteiger partial charge in [0.05, 0.1) is 4.88 Å². The molecule has 1 saturated heterocycles. The summed E-state index contributed by atoms with van der Waals surface area (Å²) in [6, 6.07) is 11.3. The second-order valence-electron chi connectivity index (χ2n) is 5.91. The third-order valence-corrected chi connectivity index (χ3v) is 5.03. The molecule has 0 saturated carbocycles. The van der Waals surface area contributed by atoms with E-state index in [0.29, 0.717) is 17.0 Å². The maximum Gasteiger partial charge on any atom is 0.261 e. The van der Waals surface area contributed by atoms with Crippen LogP contribution in [-0.4, -0.2) is 42.4 Å². The molecule has 126 valence electrons. The molecule has 24 heavy (non-hydrogen) atoms. The van der Waals surface area contributed by atoms with Crippen molar-refractivity contribution in [2.24, 2.45) is 0 Å². The molecule has 2 aromatic rings. The molecule has 2 N–H and O–H groups in total. The van der Waals surface area contributed by atoms with Crippen molar-refractivity contribution < 1.29 is 9.59 Å². The number of carbonyl (C=O) groups excluding carboxylic acids is 2. The first-order valence-electron chi connectivity index (χ1n) is 8.07. The number of piperazine rings is 1. The van der Waals surface area contributed by atoms with Gasteiger partial charge in [-0.3, -0.25) is 9.59 Å². The van der Waals surface area contributed by atoms with Crippen LogP contribution in [0.1, 0.15) is 32.5 Å². The van der Waals surface area contributed by atoms with Crippen molar-refractivity contribution in [3.8, 4) is 0 Å². The molecule has 3 rings (SSSR count). The number of hydrogen-bond donors (Lipinski definition) is 2. The van der Waals surface area contributed by atoms with Crippen LogP contribution >= 0.6 is 11.3 Å². The lowest BCUT2D eigenvalue weighted by Gasteiger charge is -2.34. The molecule has 0 bridgehead atoms. The topological polar surface area (TPSA) is 61.4 Å². The van der Waals surface area contributed by atoms with Crippen LogP contribution in [0.25, 0.3) is 0 Å². The van der Waals surface area contributed by atoms with Gasteiger partial charge >= 0.3 is 0 Å². The Morgan fingerprint density at radius 2 is 2.08 bits per heavy atom. The maximum atomic E-state index is 12.6. The molecule has 0 spiro atoms. The van der Waals surface area contributed by atoms with Gasteiger partial charge in [0.15, 0.2) is 0 Å². The molecule has 1 fully saturated rings. The Morgan fingerprint density at radius 3 is 2.75 bits per heavy atom. The zero-order valence-corrected chi connectivity index (χ0v) is 14.4. The molecule has 0 aliphatic carbocycles. The van der Waals surface area contributed by atoms with Crippen LogP contribution < -0.4 is 10.6 Å². The largest absolute Gasteiger partial charge is 0.347 e. The van der Waals surface area contributed by atoms with E-state index in [-0.39, 0.29) is 17.9 Å². The number of carbonyl (C=O) groups is 2. The summed E-state index contributed by atoms with van der Waals surface area (Å²) in [7, 11) is 0. The predicted octanol–water partition coefficient (Wildman–Crippen LogP) is 2.11. The van der Waals surface area contributed by atoms with Crippen molar-refractivity contribution in [1.82, 2.24) is 15.5 Å². The van der Waals surface area contributed by atoms with Crippen molar-refractivity contribution in [3.63, 3.8) is 0 Å². The number of rotatable bonds is 4. The van der Waals surface area contributed by atoms with Crippen LogP contribution in [0.15, 0.2) is 41.8 Å². The third kappa shape index (κ3) is 3.83. The van der Waals surface area contributed by atoms with Gasteiger partial charge in [-0.1, -0.05) is 18.2 Å². The summed E-state index contributed by atoms with van der Waals surface area (Å²) < 4.78 is 0. The van der Waals surface area contributed by atoms with Crippen molar-refractivity contribution >= 4 is 23.2 Å². The Morgan fingerprint density at radius 1 is 1.29 bits per heavy atom. The molecule has 0 unspecified atom stereocenters. The zero-order chi connectivity index (χ0) is 16.9. The first-order chi connectivity index (χ1) is 11.6. The number of nitrogens with one attached hydrogen (secondary N) is 2. The molecule has 5 nitrogen and oxygen atoms in total. The average Bonchev–Trinajstić information content (AvgIpc) is 3.15. The van der Waals surface area contributed by atoms with Gasteiger partial charge in [-0.25, -0.2) is 0 Å². The van der Waals surface area contributed by atoms with E-state index in [2.05, 4.69) is 17.6 Å². The van der Waals surface area contributed by atoms with Gasteiger partial charge in [0.1, 0.15) is 0 Å². The van der Waals surface area contributed by atoms with Gasteiger partial charge in [-0.05, 0) is 36.1 Å². The molecule has 1 aliphatic rings. The van der Waals surface area contributed by atoms with Crippen molar-refractivity contribution in [3.05, 3.63) is 57.8 Å². The quantitative estimate of drug-likeness (QED) is 0.894. The molecule has 1 aromatic carbocycles. The fourth-order valence-electron chi connectivity index (χ4n) is 2.75. The third-order valence-electron chi connectivity index (χ3n) is 4.16. The van der Waals surface area contributed by atoms with Crippen LogP contribution in [0, 0.1) is 0 Å². The average molecular weight is 343 g/mol. The molecule has 1 aliphatic heterocycles. The molecule has 6 heteroatoms. The van der Waals surface area contributed by atoms with E-state index in [1.165, 1.54) is 11.3 Å². The van der Waals surface area contributed by atoms with Crippen molar-refractivity contribution in [2.75, 3.05) is 19.6 Å². The van der Waals surface area contributed by atoms with Crippen LogP contribution in [0.5, 0.6) is 0 Å². The van der Waals surface area contributed by atoms with Crippen molar-refractivity contribution in [1.29, 1.82) is 0 Å². The summed E-state index contributed by atoms with van der Waals surface area (Å²) in [5.74, 6) is -0.00188. The number of amides is 2. The molecule has 2 heterocycles. The molecule has 0 radical (unpaired) electrons. The Labute approximate surface area is 145 Å². The van der Waals surface area contributed by atoms with Crippen LogP contribution in [-0.2, 0) is 6.54 Å². The van der Waals surface area contributed by atoms with Gasteiger partial charge in [0.25, 0.3) is 11.8 Å². The minimum atomic E-state index is -0.0696. The Balaban J connectivity index is 1.58. The highest BCUT2D eigenvalue weighted by Gasteiger charge is 2.23. The minimum absolute atomic E-state index is 0.0678. The second kappa shape index (κ2) is 7.59. The molecule has 1 aromatic heterocycles. The Hall–Kier alpha value is -2.18. The van der Waals surface area contributed by atoms with E-state index < -0.39 is 0 Å². The van der Waals surface area contributed by atoms with Gasteiger partial charge in [-0.15, -0.1) is 11.3 Å². The van der Waals surface area contributed by atoms with Gasteiger partial charge in [0.2, 0.25) is 0 Å². The first kappa shape index (κ1) is 16.7. The van der Waals surface area contributed by atoms with E-state index in [4.69, 9.17) is 0 Å². The number of hydrogen-bond acceptors (Lipinski definition) is 4. The lowest BCUT2D eigenvalue weighted by Crippen LogP contribution is -2.52. The minimum Gasteiger partial charge on any atom is -0.347 e. The summed E-state index contributed by atoms with van der Waals surface area (Å²) in [6.07, 6.45) is 0. The maximum absolute atomic E-state index is 12.6. The molecule has 2 amide bonds. The zero-order valence-electron chi connectivity index (χ0n) is 13.6. The van der Waals surface area contributed by atoms with E-state index >= 15 is 0 Å². The standard InChI is InChI=1S/C18H21N3O2S/c1-13-11-19-8-9-21(13)18(23)15-6-4-14(5-7-15)12-20-17(22)16-3-2-10-24-16/h2-7,10,13,19H,8-9,11-12H2,1H3,(H,20,22)/t13-/m1/s1. The lowest BCUT2D eigenvalue weighted by molar-refractivity contribution is 0.0655. The summed E-state index contributed by atoms with van der Waals surface area (Å²) in [5.41, 5.74) is 1.67. The fraction of sp³-hybridized carbons (Fsp3) is 0.333.